The van der Waals surface area contributed by atoms with Crippen molar-refractivity contribution in [2.24, 2.45) is 0 Å². The van der Waals surface area contributed by atoms with Gasteiger partial charge in [0.25, 0.3) is 0 Å². The molecule has 0 fully saturated rings. The minimum Gasteiger partial charge on any atom is -0.497 e. The van der Waals surface area contributed by atoms with Crippen molar-refractivity contribution in [3.05, 3.63) is 29.8 Å². The quantitative estimate of drug-likeness (QED) is 0.561. The molecule has 0 saturated carbocycles. The van der Waals surface area contributed by atoms with Crippen LogP contribution >= 0.6 is 0 Å². The zero-order chi connectivity index (χ0) is 13.2. The minimum absolute atomic E-state index is 0.145. The van der Waals surface area contributed by atoms with E-state index in [4.69, 9.17) is 14.3 Å². The van der Waals surface area contributed by atoms with Crippen molar-refractivity contribution in [3.63, 3.8) is 0 Å². The maximum atomic E-state index is 11.4. The van der Waals surface area contributed by atoms with Crippen LogP contribution in [0.5, 0.6) is 5.75 Å². The number of hydrogen-bond acceptors (Lipinski definition) is 4. The third-order valence-electron chi connectivity index (χ3n) is 2.35. The molecule has 0 heterocycles. The molecule has 0 aromatic heterocycles. The average molecular weight is 253 g/mol. The molecule has 0 aliphatic rings. The summed E-state index contributed by atoms with van der Waals surface area (Å²) in [5.41, 5.74) is 3.42. The largest absolute Gasteiger partial charge is 0.497 e. The number of amides is 1. The second-order valence-corrected chi connectivity index (χ2v) is 3.72. The molecule has 1 N–H and O–H groups in total. The third-order valence-corrected chi connectivity index (χ3v) is 2.35. The van der Waals surface area contributed by atoms with Crippen LogP contribution in [0.15, 0.2) is 24.3 Å². The first-order valence-electron chi connectivity index (χ1n) is 5.78. The summed E-state index contributed by atoms with van der Waals surface area (Å²) in [6, 6.07) is 7.65. The Bertz CT molecular complexity index is 368. The van der Waals surface area contributed by atoms with Crippen LogP contribution in [0, 0.1) is 0 Å². The Labute approximate surface area is 107 Å². The molecule has 1 amide bonds. The molecule has 1 rings (SSSR count). The fourth-order valence-electron chi connectivity index (χ4n) is 1.39. The Hall–Kier alpha value is -1.59. The van der Waals surface area contributed by atoms with Crippen LogP contribution in [0.1, 0.15) is 12.0 Å². The topological polar surface area (TPSA) is 56.8 Å². The van der Waals surface area contributed by atoms with Gasteiger partial charge in [0.15, 0.2) is 0 Å². The van der Waals surface area contributed by atoms with Gasteiger partial charge in [-0.15, -0.1) is 0 Å². The maximum Gasteiger partial charge on any atom is 0.243 e. The summed E-state index contributed by atoms with van der Waals surface area (Å²) in [5, 5.41) is 0. The van der Waals surface area contributed by atoms with Gasteiger partial charge in [-0.25, -0.2) is 5.48 Å². The van der Waals surface area contributed by atoms with E-state index >= 15 is 0 Å². The molecule has 0 saturated heterocycles. The average Bonchev–Trinajstić information content (AvgIpc) is 2.41. The maximum absolute atomic E-state index is 11.4. The molecule has 5 nitrogen and oxygen atoms in total. The molecule has 0 spiro atoms. The summed E-state index contributed by atoms with van der Waals surface area (Å²) < 4.78 is 9.90. The lowest BCUT2D eigenvalue weighted by Gasteiger charge is -2.06. The standard InChI is InChI=1S/C13H19NO4/c1-16-8-9-18-14-13(15)7-6-11-4-3-5-12(10-11)17-2/h3-5,10H,6-9H2,1-2H3,(H,14,15). The summed E-state index contributed by atoms with van der Waals surface area (Å²) in [4.78, 5) is 16.3. The number of rotatable bonds is 8. The SMILES string of the molecule is COCCONC(=O)CCc1cccc(OC)c1. The van der Waals surface area contributed by atoms with Crippen LogP contribution in [-0.4, -0.2) is 33.3 Å². The zero-order valence-corrected chi connectivity index (χ0v) is 10.8. The highest BCUT2D eigenvalue weighted by Gasteiger charge is 2.03. The van der Waals surface area contributed by atoms with Crippen molar-refractivity contribution < 1.29 is 19.1 Å². The van der Waals surface area contributed by atoms with Crippen molar-refractivity contribution in [2.45, 2.75) is 12.8 Å². The number of ether oxygens (including phenoxy) is 2. The number of nitrogens with one attached hydrogen (secondary N) is 1. The minimum atomic E-state index is -0.145. The van der Waals surface area contributed by atoms with E-state index < -0.39 is 0 Å². The molecule has 0 atom stereocenters. The van der Waals surface area contributed by atoms with E-state index in [-0.39, 0.29) is 5.91 Å². The Kier molecular flexibility index (Phi) is 6.83. The van der Waals surface area contributed by atoms with E-state index in [1.54, 1.807) is 14.2 Å². The van der Waals surface area contributed by atoms with Crippen molar-refractivity contribution in [1.82, 2.24) is 5.48 Å². The number of carbonyl (C=O) groups excluding carboxylic acids is 1. The van der Waals surface area contributed by atoms with E-state index in [1.165, 1.54) is 0 Å². The number of methoxy groups -OCH3 is 2. The Morgan fingerprint density at radius 2 is 2.11 bits per heavy atom. The van der Waals surface area contributed by atoms with Gasteiger partial charge in [0, 0.05) is 13.5 Å². The van der Waals surface area contributed by atoms with Gasteiger partial charge in [-0.3, -0.25) is 9.63 Å². The van der Waals surface area contributed by atoms with Crippen LogP contribution in [-0.2, 0) is 20.8 Å². The highest BCUT2D eigenvalue weighted by Crippen LogP contribution is 2.13. The lowest BCUT2D eigenvalue weighted by atomic mass is 10.1. The van der Waals surface area contributed by atoms with Gasteiger partial charge in [-0.05, 0) is 24.1 Å². The number of aryl methyl sites for hydroxylation is 1. The van der Waals surface area contributed by atoms with Gasteiger partial charge in [-0.2, -0.15) is 0 Å². The number of hydrogen-bond donors (Lipinski definition) is 1. The third kappa shape index (κ3) is 5.65. The van der Waals surface area contributed by atoms with Gasteiger partial charge in [0.05, 0.1) is 20.3 Å². The van der Waals surface area contributed by atoms with Gasteiger partial charge in [0.2, 0.25) is 5.91 Å². The van der Waals surface area contributed by atoms with Crippen molar-refractivity contribution in [2.75, 3.05) is 27.4 Å². The van der Waals surface area contributed by atoms with E-state index in [0.29, 0.717) is 26.1 Å². The molecule has 0 aliphatic heterocycles. The second kappa shape index (κ2) is 8.49. The van der Waals surface area contributed by atoms with Gasteiger partial charge in [0.1, 0.15) is 5.75 Å². The molecule has 0 bridgehead atoms. The van der Waals surface area contributed by atoms with E-state index in [0.717, 1.165) is 11.3 Å². The van der Waals surface area contributed by atoms with Crippen LogP contribution in [0.3, 0.4) is 0 Å². The van der Waals surface area contributed by atoms with E-state index in [1.807, 2.05) is 24.3 Å². The lowest BCUT2D eigenvalue weighted by molar-refractivity contribution is -0.134. The monoisotopic (exact) mass is 253 g/mol. The van der Waals surface area contributed by atoms with Crippen molar-refractivity contribution >= 4 is 5.91 Å². The van der Waals surface area contributed by atoms with Crippen LogP contribution in [0.2, 0.25) is 0 Å². The molecule has 1 aromatic rings. The predicted octanol–water partition coefficient (Wildman–Crippen LogP) is 1.32. The fourth-order valence-corrected chi connectivity index (χ4v) is 1.39. The Morgan fingerprint density at radius 1 is 1.28 bits per heavy atom. The second-order valence-electron chi connectivity index (χ2n) is 3.72. The summed E-state index contributed by atoms with van der Waals surface area (Å²) >= 11 is 0. The van der Waals surface area contributed by atoms with Crippen LogP contribution in [0.25, 0.3) is 0 Å². The van der Waals surface area contributed by atoms with Crippen molar-refractivity contribution in [3.8, 4) is 5.75 Å². The summed E-state index contributed by atoms with van der Waals surface area (Å²) in [6.07, 6.45) is 1.02. The smallest absolute Gasteiger partial charge is 0.243 e. The van der Waals surface area contributed by atoms with E-state index in [2.05, 4.69) is 5.48 Å². The number of carbonyl (C=O) groups is 1. The molecule has 5 heteroatoms. The normalized spacial score (nSPS) is 10.1. The molecule has 0 unspecified atom stereocenters. The predicted molar refractivity (Wildman–Crippen MR) is 67.3 cm³/mol. The van der Waals surface area contributed by atoms with Crippen LogP contribution < -0.4 is 10.2 Å². The first-order valence-corrected chi connectivity index (χ1v) is 5.78. The summed E-state index contributed by atoms with van der Waals surface area (Å²) in [7, 11) is 3.20. The molecule has 0 aliphatic carbocycles. The molecular weight excluding hydrogens is 234 g/mol. The molecule has 0 radical (unpaired) electrons. The molecule has 1 aromatic carbocycles. The number of hydroxylamine groups is 1. The molecular formula is C13H19NO4. The Morgan fingerprint density at radius 3 is 2.83 bits per heavy atom. The summed E-state index contributed by atoms with van der Waals surface area (Å²) in [6.45, 7) is 0.803. The van der Waals surface area contributed by atoms with Gasteiger partial charge in [-0.1, -0.05) is 12.1 Å². The van der Waals surface area contributed by atoms with Crippen LogP contribution in [0.4, 0.5) is 0 Å². The lowest BCUT2D eigenvalue weighted by Crippen LogP contribution is -2.25. The molecule has 18 heavy (non-hydrogen) atoms. The first kappa shape index (κ1) is 14.5. The zero-order valence-electron chi connectivity index (χ0n) is 10.8. The van der Waals surface area contributed by atoms with Gasteiger partial charge >= 0.3 is 0 Å². The fraction of sp³-hybridized carbons (Fsp3) is 0.462. The highest BCUT2D eigenvalue weighted by atomic mass is 16.7. The van der Waals surface area contributed by atoms with Gasteiger partial charge < -0.3 is 9.47 Å². The Balaban J connectivity index is 2.24. The summed E-state index contributed by atoms with van der Waals surface area (Å²) in [5.74, 6) is 0.651. The highest BCUT2D eigenvalue weighted by molar-refractivity contribution is 5.75. The first-order chi connectivity index (χ1) is 8.76. The number of benzene rings is 1. The van der Waals surface area contributed by atoms with Crippen molar-refractivity contribution in [1.29, 1.82) is 0 Å². The van der Waals surface area contributed by atoms with E-state index in [9.17, 15) is 4.79 Å². The molecule has 100 valence electrons.